The first-order chi connectivity index (χ1) is 7.16. The Morgan fingerprint density at radius 2 is 2.00 bits per heavy atom. The monoisotopic (exact) mass is 230 g/mol. The molecule has 0 bridgehead atoms. The number of hydrogen-bond acceptors (Lipinski definition) is 5. The molecule has 82 valence electrons. The summed E-state index contributed by atoms with van der Waals surface area (Å²) >= 11 is 5.53. The topological polar surface area (TPSA) is 62.5 Å². The van der Waals surface area contributed by atoms with E-state index in [9.17, 15) is 4.79 Å². The number of carbonyl (C=O) groups excluding carboxylic acids is 1. The van der Waals surface area contributed by atoms with E-state index in [0.29, 0.717) is 32.2 Å². The number of halogens is 1. The molecule has 0 aliphatic carbocycles. The lowest BCUT2D eigenvalue weighted by atomic mass is 10.3. The van der Waals surface area contributed by atoms with Gasteiger partial charge in [-0.1, -0.05) is 10.2 Å². The summed E-state index contributed by atoms with van der Waals surface area (Å²) in [6.07, 6.45) is 0. The second-order valence-electron chi connectivity index (χ2n) is 3.33. The van der Waals surface area contributed by atoms with Crippen molar-refractivity contribution in [1.82, 2.24) is 15.1 Å². The Morgan fingerprint density at radius 1 is 1.33 bits per heavy atom. The van der Waals surface area contributed by atoms with Gasteiger partial charge in [0.05, 0.1) is 0 Å². The summed E-state index contributed by atoms with van der Waals surface area (Å²) in [6.45, 7) is 4.31. The fourth-order valence-electron chi connectivity index (χ4n) is 1.54. The molecule has 0 N–H and O–H groups in total. The lowest BCUT2D eigenvalue weighted by Crippen LogP contribution is -2.48. The molecular formula is C8H11ClN4O2. The van der Waals surface area contributed by atoms with E-state index < -0.39 is 0 Å². The molecule has 1 aromatic rings. The van der Waals surface area contributed by atoms with Crippen LogP contribution in [-0.4, -0.2) is 47.2 Å². The largest absolute Gasteiger partial charge is 0.394 e. The summed E-state index contributed by atoms with van der Waals surface area (Å²) in [6, 6.07) is 0.420. The summed E-state index contributed by atoms with van der Waals surface area (Å²) in [4.78, 5) is 14.8. The number of anilines is 1. The summed E-state index contributed by atoms with van der Waals surface area (Å²) in [5.41, 5.74) is 0. The van der Waals surface area contributed by atoms with Gasteiger partial charge in [0.1, 0.15) is 0 Å². The van der Waals surface area contributed by atoms with Crippen molar-refractivity contribution < 1.29 is 9.21 Å². The molecule has 0 saturated carbocycles. The Labute approximate surface area is 91.8 Å². The van der Waals surface area contributed by atoms with E-state index in [1.807, 2.05) is 4.90 Å². The third-order valence-corrected chi connectivity index (χ3v) is 2.54. The number of nitrogens with zero attached hydrogens (tertiary/aromatic N) is 4. The van der Waals surface area contributed by atoms with Gasteiger partial charge in [0, 0.05) is 33.1 Å². The van der Waals surface area contributed by atoms with E-state index in [1.54, 1.807) is 11.8 Å². The zero-order valence-electron chi connectivity index (χ0n) is 8.31. The van der Waals surface area contributed by atoms with Crippen molar-refractivity contribution in [3.05, 3.63) is 5.35 Å². The molecule has 15 heavy (non-hydrogen) atoms. The molecule has 1 saturated heterocycles. The summed E-state index contributed by atoms with van der Waals surface area (Å²) in [5.74, 6) is 0.0956. The summed E-state index contributed by atoms with van der Waals surface area (Å²) in [5, 5.41) is 7.40. The minimum Gasteiger partial charge on any atom is -0.394 e. The molecule has 2 rings (SSSR count). The molecule has 0 spiro atoms. The molecule has 1 fully saturated rings. The lowest BCUT2D eigenvalue weighted by Gasteiger charge is -2.32. The maximum Gasteiger partial charge on any atom is 0.319 e. The Balaban J connectivity index is 1.96. The smallest absolute Gasteiger partial charge is 0.319 e. The van der Waals surface area contributed by atoms with Crippen LogP contribution in [0.3, 0.4) is 0 Å². The molecule has 1 aliphatic rings. The normalized spacial score (nSPS) is 16.9. The van der Waals surface area contributed by atoms with E-state index in [1.165, 1.54) is 0 Å². The van der Waals surface area contributed by atoms with Gasteiger partial charge in [0.25, 0.3) is 0 Å². The van der Waals surface area contributed by atoms with Crippen LogP contribution >= 0.6 is 11.6 Å². The fraction of sp³-hybridized carbons (Fsp3) is 0.625. The maximum absolute atomic E-state index is 11.1. The molecule has 0 radical (unpaired) electrons. The molecule has 7 heteroatoms. The standard InChI is InChI=1S/C8H11ClN4O2/c1-6(14)12-2-4-13(5-3-12)8-11-10-7(9)15-8/h2-5H2,1H3. The van der Waals surface area contributed by atoms with E-state index in [4.69, 9.17) is 16.0 Å². The predicted molar refractivity (Wildman–Crippen MR) is 53.8 cm³/mol. The first-order valence-corrected chi connectivity index (χ1v) is 5.04. The number of aromatic nitrogens is 2. The average molecular weight is 231 g/mol. The van der Waals surface area contributed by atoms with Crippen LogP contribution in [0.2, 0.25) is 5.35 Å². The first-order valence-electron chi connectivity index (χ1n) is 4.66. The van der Waals surface area contributed by atoms with Crippen LogP contribution < -0.4 is 4.90 Å². The third kappa shape index (κ3) is 2.20. The molecule has 0 aromatic carbocycles. The molecular weight excluding hydrogens is 220 g/mol. The summed E-state index contributed by atoms with van der Waals surface area (Å²) in [7, 11) is 0. The number of amides is 1. The minimum atomic E-state index is 0.0407. The van der Waals surface area contributed by atoms with Crippen molar-refractivity contribution >= 4 is 23.5 Å². The second-order valence-corrected chi connectivity index (χ2v) is 3.65. The van der Waals surface area contributed by atoms with Crippen molar-refractivity contribution in [2.24, 2.45) is 0 Å². The predicted octanol–water partition coefficient (Wildman–Crippen LogP) is 0.391. The minimum absolute atomic E-state index is 0.0407. The number of rotatable bonds is 1. The number of carbonyl (C=O) groups is 1. The van der Waals surface area contributed by atoms with E-state index in [-0.39, 0.29) is 11.3 Å². The summed E-state index contributed by atoms with van der Waals surface area (Å²) < 4.78 is 5.08. The van der Waals surface area contributed by atoms with Crippen molar-refractivity contribution in [1.29, 1.82) is 0 Å². The highest BCUT2D eigenvalue weighted by atomic mass is 35.5. The van der Waals surface area contributed by atoms with E-state index >= 15 is 0 Å². The van der Waals surface area contributed by atoms with Gasteiger partial charge in [0.15, 0.2) is 0 Å². The van der Waals surface area contributed by atoms with Crippen LogP contribution in [0.1, 0.15) is 6.92 Å². The van der Waals surface area contributed by atoms with Gasteiger partial charge in [-0.3, -0.25) is 4.79 Å². The number of piperazine rings is 1. The molecule has 0 unspecified atom stereocenters. The molecule has 6 nitrogen and oxygen atoms in total. The maximum atomic E-state index is 11.1. The highest BCUT2D eigenvalue weighted by Crippen LogP contribution is 2.16. The van der Waals surface area contributed by atoms with Crippen LogP contribution in [0.4, 0.5) is 6.01 Å². The quantitative estimate of drug-likeness (QED) is 0.699. The van der Waals surface area contributed by atoms with Gasteiger partial charge >= 0.3 is 11.4 Å². The van der Waals surface area contributed by atoms with Crippen molar-refractivity contribution in [2.45, 2.75) is 6.92 Å². The Morgan fingerprint density at radius 3 is 2.47 bits per heavy atom. The average Bonchev–Trinajstić information content (AvgIpc) is 2.65. The SMILES string of the molecule is CC(=O)N1CCN(c2nnc(Cl)o2)CC1. The van der Waals surface area contributed by atoms with Gasteiger partial charge in [-0.15, -0.1) is 0 Å². The van der Waals surface area contributed by atoms with Crippen LogP contribution in [0.15, 0.2) is 4.42 Å². The third-order valence-electron chi connectivity index (χ3n) is 2.39. The van der Waals surface area contributed by atoms with Crippen LogP contribution in [0, 0.1) is 0 Å². The van der Waals surface area contributed by atoms with Gasteiger partial charge in [-0.25, -0.2) is 0 Å². The van der Waals surface area contributed by atoms with Crippen LogP contribution in [0.25, 0.3) is 0 Å². The van der Waals surface area contributed by atoms with Crippen LogP contribution in [0.5, 0.6) is 0 Å². The molecule has 1 aliphatic heterocycles. The van der Waals surface area contributed by atoms with Crippen LogP contribution in [-0.2, 0) is 4.79 Å². The molecule has 2 heterocycles. The lowest BCUT2D eigenvalue weighted by molar-refractivity contribution is -0.129. The van der Waals surface area contributed by atoms with Gasteiger partial charge in [0.2, 0.25) is 5.91 Å². The van der Waals surface area contributed by atoms with Gasteiger partial charge in [-0.05, 0) is 11.6 Å². The Kier molecular flexibility index (Phi) is 2.77. The number of hydrogen-bond donors (Lipinski definition) is 0. The Hall–Kier alpha value is -1.30. The van der Waals surface area contributed by atoms with Crippen molar-refractivity contribution in [3.63, 3.8) is 0 Å². The second kappa shape index (κ2) is 4.06. The zero-order chi connectivity index (χ0) is 10.8. The zero-order valence-corrected chi connectivity index (χ0v) is 9.07. The first kappa shape index (κ1) is 10.2. The van der Waals surface area contributed by atoms with Gasteiger partial charge in [-0.2, -0.15) is 0 Å². The van der Waals surface area contributed by atoms with E-state index in [2.05, 4.69) is 10.2 Å². The molecule has 1 aromatic heterocycles. The van der Waals surface area contributed by atoms with Crippen molar-refractivity contribution in [2.75, 3.05) is 31.1 Å². The van der Waals surface area contributed by atoms with Gasteiger partial charge < -0.3 is 14.2 Å². The fourth-order valence-corrected chi connectivity index (χ4v) is 1.65. The molecule has 0 atom stereocenters. The highest BCUT2D eigenvalue weighted by Gasteiger charge is 2.21. The van der Waals surface area contributed by atoms with Crippen molar-refractivity contribution in [3.8, 4) is 0 Å². The Bertz CT molecular complexity index is 359. The molecule has 1 amide bonds. The highest BCUT2D eigenvalue weighted by molar-refractivity contribution is 6.27. The van der Waals surface area contributed by atoms with E-state index in [0.717, 1.165) is 0 Å².